The Balaban J connectivity index is 1.88. The molecule has 0 unspecified atom stereocenters. The Hall–Kier alpha value is -2.17. The summed E-state index contributed by atoms with van der Waals surface area (Å²) in [7, 11) is 0. The van der Waals surface area contributed by atoms with Crippen LogP contribution in [0.15, 0.2) is 34.9 Å². The number of benzene rings is 1. The lowest BCUT2D eigenvalue weighted by molar-refractivity contribution is -0.146. The molecule has 0 spiro atoms. The third-order valence-electron chi connectivity index (χ3n) is 3.28. The zero-order chi connectivity index (χ0) is 13.3. The highest BCUT2D eigenvalue weighted by Gasteiger charge is 2.57. The summed E-state index contributed by atoms with van der Waals surface area (Å²) in [5.41, 5.74) is 0.174. The maximum atomic E-state index is 11.9. The second-order valence-electron chi connectivity index (χ2n) is 4.59. The highest BCUT2D eigenvalue weighted by molar-refractivity contribution is 5.85. The van der Waals surface area contributed by atoms with Gasteiger partial charge in [0, 0.05) is 5.56 Å². The monoisotopic (exact) mass is 258 g/mol. The summed E-state index contributed by atoms with van der Waals surface area (Å²) in [6, 6.07) is 9.54. The van der Waals surface area contributed by atoms with Crippen LogP contribution in [0.1, 0.15) is 25.7 Å². The minimum Gasteiger partial charge on any atom is -0.465 e. The lowest BCUT2D eigenvalue weighted by Gasteiger charge is -2.07. The number of rotatable bonds is 4. The molecule has 98 valence electrons. The van der Waals surface area contributed by atoms with Crippen LogP contribution in [0.25, 0.3) is 11.4 Å². The Kier molecular flexibility index (Phi) is 2.81. The number of carbonyl (C=O) groups excluding carboxylic acids is 1. The fraction of sp³-hybridized carbons (Fsp3) is 0.357. The van der Waals surface area contributed by atoms with Gasteiger partial charge in [0.15, 0.2) is 0 Å². The Morgan fingerprint density at radius 1 is 1.37 bits per heavy atom. The average molecular weight is 258 g/mol. The summed E-state index contributed by atoms with van der Waals surface area (Å²) in [5, 5.41) is 3.94. The number of carbonyl (C=O) groups is 1. The van der Waals surface area contributed by atoms with Crippen molar-refractivity contribution in [3.63, 3.8) is 0 Å². The van der Waals surface area contributed by atoms with E-state index in [0.717, 1.165) is 5.56 Å². The fourth-order valence-corrected chi connectivity index (χ4v) is 2.02. The van der Waals surface area contributed by atoms with E-state index in [1.165, 1.54) is 0 Å². The van der Waals surface area contributed by atoms with E-state index in [9.17, 15) is 4.79 Å². The molecule has 2 aromatic rings. The Labute approximate surface area is 110 Å². The summed E-state index contributed by atoms with van der Waals surface area (Å²) in [5.74, 6) is 0.606. The van der Waals surface area contributed by atoms with Gasteiger partial charge in [-0.25, -0.2) is 0 Å². The third kappa shape index (κ3) is 2.01. The number of hydrogen-bond acceptors (Lipinski definition) is 5. The molecular formula is C14H14N2O3. The van der Waals surface area contributed by atoms with Crippen molar-refractivity contribution in [3.05, 3.63) is 36.2 Å². The summed E-state index contributed by atoms with van der Waals surface area (Å²) >= 11 is 0. The molecule has 5 nitrogen and oxygen atoms in total. The van der Waals surface area contributed by atoms with Crippen molar-refractivity contribution >= 4 is 5.97 Å². The van der Waals surface area contributed by atoms with Crippen molar-refractivity contribution in [2.75, 3.05) is 6.61 Å². The van der Waals surface area contributed by atoms with E-state index in [1.54, 1.807) is 6.92 Å². The molecule has 0 aliphatic heterocycles. The molecule has 19 heavy (non-hydrogen) atoms. The van der Waals surface area contributed by atoms with Gasteiger partial charge in [-0.2, -0.15) is 4.98 Å². The van der Waals surface area contributed by atoms with Gasteiger partial charge in [-0.15, -0.1) is 0 Å². The predicted octanol–water partition coefficient (Wildman–Crippen LogP) is 2.33. The minimum absolute atomic E-state index is 0.265. The van der Waals surface area contributed by atoms with E-state index in [0.29, 0.717) is 31.2 Å². The van der Waals surface area contributed by atoms with Crippen LogP contribution >= 0.6 is 0 Å². The van der Waals surface area contributed by atoms with Crippen LogP contribution in [0.5, 0.6) is 0 Å². The van der Waals surface area contributed by atoms with Crippen LogP contribution in [0.4, 0.5) is 0 Å². The number of hydrogen-bond donors (Lipinski definition) is 0. The van der Waals surface area contributed by atoms with E-state index in [2.05, 4.69) is 10.1 Å². The van der Waals surface area contributed by atoms with Gasteiger partial charge in [-0.1, -0.05) is 35.5 Å². The van der Waals surface area contributed by atoms with Gasteiger partial charge >= 0.3 is 5.97 Å². The van der Waals surface area contributed by atoms with E-state index in [-0.39, 0.29) is 5.97 Å². The Morgan fingerprint density at radius 2 is 2.11 bits per heavy atom. The Bertz CT molecular complexity index is 588. The van der Waals surface area contributed by atoms with E-state index in [4.69, 9.17) is 9.26 Å². The number of ether oxygens (including phenoxy) is 1. The highest BCUT2D eigenvalue weighted by Crippen LogP contribution is 2.48. The molecule has 5 heteroatoms. The molecule has 0 amide bonds. The molecular weight excluding hydrogens is 244 g/mol. The van der Waals surface area contributed by atoms with Crippen LogP contribution in [-0.4, -0.2) is 22.7 Å². The van der Waals surface area contributed by atoms with Gasteiger partial charge in [0.2, 0.25) is 11.7 Å². The maximum absolute atomic E-state index is 11.9. The van der Waals surface area contributed by atoms with Crippen molar-refractivity contribution in [3.8, 4) is 11.4 Å². The van der Waals surface area contributed by atoms with Crippen molar-refractivity contribution < 1.29 is 14.1 Å². The van der Waals surface area contributed by atoms with Gasteiger partial charge in [-0.05, 0) is 19.8 Å². The maximum Gasteiger partial charge on any atom is 0.321 e. The van der Waals surface area contributed by atoms with Crippen LogP contribution in [0.2, 0.25) is 0 Å². The summed E-state index contributed by atoms with van der Waals surface area (Å²) < 4.78 is 10.3. The highest BCUT2D eigenvalue weighted by atomic mass is 16.5. The van der Waals surface area contributed by atoms with Crippen molar-refractivity contribution in [1.29, 1.82) is 0 Å². The third-order valence-corrected chi connectivity index (χ3v) is 3.28. The molecule has 0 radical (unpaired) electrons. The van der Waals surface area contributed by atoms with Gasteiger partial charge in [0.05, 0.1) is 6.61 Å². The smallest absolute Gasteiger partial charge is 0.321 e. The first kappa shape index (κ1) is 11.9. The van der Waals surface area contributed by atoms with Crippen LogP contribution in [0, 0.1) is 0 Å². The largest absolute Gasteiger partial charge is 0.465 e. The topological polar surface area (TPSA) is 65.2 Å². The molecule has 0 bridgehead atoms. The molecule has 0 atom stereocenters. The molecule has 3 rings (SSSR count). The van der Waals surface area contributed by atoms with Gasteiger partial charge in [0.25, 0.3) is 0 Å². The fourth-order valence-electron chi connectivity index (χ4n) is 2.02. The molecule has 0 N–H and O–H groups in total. The number of esters is 1. The summed E-state index contributed by atoms with van der Waals surface area (Å²) in [4.78, 5) is 16.3. The first-order valence-electron chi connectivity index (χ1n) is 6.33. The van der Waals surface area contributed by atoms with Gasteiger partial charge < -0.3 is 9.26 Å². The first-order chi connectivity index (χ1) is 9.26. The van der Waals surface area contributed by atoms with E-state index >= 15 is 0 Å². The lowest BCUT2D eigenvalue weighted by Crippen LogP contribution is -2.23. The number of nitrogens with zero attached hydrogens (tertiary/aromatic N) is 2. The predicted molar refractivity (Wildman–Crippen MR) is 67.3 cm³/mol. The zero-order valence-electron chi connectivity index (χ0n) is 10.6. The molecule has 1 saturated carbocycles. The van der Waals surface area contributed by atoms with Crippen molar-refractivity contribution in [1.82, 2.24) is 10.1 Å². The van der Waals surface area contributed by atoms with Crippen molar-refractivity contribution in [2.24, 2.45) is 0 Å². The quantitative estimate of drug-likeness (QED) is 0.787. The molecule has 1 aliphatic rings. The zero-order valence-corrected chi connectivity index (χ0v) is 10.6. The first-order valence-corrected chi connectivity index (χ1v) is 6.33. The summed E-state index contributed by atoms with van der Waals surface area (Å²) in [6.07, 6.45) is 1.42. The second kappa shape index (κ2) is 4.50. The van der Waals surface area contributed by atoms with Crippen molar-refractivity contribution in [2.45, 2.75) is 25.2 Å². The normalized spacial score (nSPS) is 16.1. The standard InChI is InChI=1S/C14H14N2O3/c1-2-18-13(17)14(8-9-14)12-15-11(16-19-12)10-6-4-3-5-7-10/h3-7H,2,8-9H2,1H3. The lowest BCUT2D eigenvalue weighted by atomic mass is 10.1. The Morgan fingerprint density at radius 3 is 2.74 bits per heavy atom. The van der Waals surface area contributed by atoms with Crippen LogP contribution in [0.3, 0.4) is 0 Å². The molecule has 1 fully saturated rings. The molecule has 1 aromatic heterocycles. The van der Waals surface area contributed by atoms with Crippen LogP contribution in [-0.2, 0) is 14.9 Å². The molecule has 1 heterocycles. The average Bonchev–Trinajstić information content (AvgIpc) is 3.11. The molecule has 1 aliphatic carbocycles. The van der Waals surface area contributed by atoms with Crippen LogP contribution < -0.4 is 0 Å². The number of aromatic nitrogens is 2. The van der Waals surface area contributed by atoms with Gasteiger partial charge in [0.1, 0.15) is 5.41 Å². The molecule has 0 saturated heterocycles. The summed E-state index contributed by atoms with van der Waals surface area (Å²) in [6.45, 7) is 2.15. The van der Waals surface area contributed by atoms with Gasteiger partial charge in [-0.3, -0.25) is 4.79 Å². The van der Waals surface area contributed by atoms with E-state index < -0.39 is 5.41 Å². The molecule has 1 aromatic carbocycles. The van der Waals surface area contributed by atoms with E-state index in [1.807, 2.05) is 30.3 Å². The minimum atomic E-state index is -0.698. The SMILES string of the molecule is CCOC(=O)C1(c2nc(-c3ccccc3)no2)CC1. The second-order valence-corrected chi connectivity index (χ2v) is 4.59.